The number of nitrogens with one attached hydrogen (secondary N) is 2. The molecule has 2 unspecified atom stereocenters. The van der Waals surface area contributed by atoms with Crippen molar-refractivity contribution in [3.05, 3.63) is 0 Å². The molecule has 1 fully saturated rings. The minimum atomic E-state index is 0.314. The summed E-state index contributed by atoms with van der Waals surface area (Å²) in [6.07, 6.45) is 4.56. The second-order valence-corrected chi connectivity index (χ2v) is 3.98. The molecule has 1 aliphatic rings. The highest BCUT2D eigenvalue weighted by Crippen LogP contribution is 2.04. The average Bonchev–Trinajstić information content (AvgIpc) is 2.16. The van der Waals surface area contributed by atoms with E-state index in [2.05, 4.69) is 17.6 Å². The Balaban J connectivity index is 2.07. The van der Waals surface area contributed by atoms with Crippen LogP contribution in [0.5, 0.6) is 0 Å². The van der Waals surface area contributed by atoms with Crippen LogP contribution in [0.1, 0.15) is 32.6 Å². The number of piperidine rings is 1. The highest BCUT2D eigenvalue weighted by Gasteiger charge is 2.14. The van der Waals surface area contributed by atoms with E-state index >= 15 is 0 Å². The summed E-state index contributed by atoms with van der Waals surface area (Å²) in [5.74, 6) is 0. The first-order valence-corrected chi connectivity index (χ1v) is 5.40. The van der Waals surface area contributed by atoms with Crippen LogP contribution in [-0.2, 0) is 0 Å². The normalized spacial score (nSPS) is 25.8. The quantitative estimate of drug-likeness (QED) is 0.585. The Bertz CT molecular complexity index is 124. The monoisotopic (exact) mass is 186 g/mol. The molecule has 0 spiro atoms. The predicted molar refractivity (Wildman–Crippen MR) is 54.8 cm³/mol. The van der Waals surface area contributed by atoms with E-state index in [0.717, 1.165) is 19.4 Å². The van der Waals surface area contributed by atoms with Gasteiger partial charge in [-0.2, -0.15) is 0 Å². The van der Waals surface area contributed by atoms with Crippen LogP contribution in [0.3, 0.4) is 0 Å². The molecule has 3 N–H and O–H groups in total. The lowest BCUT2D eigenvalue weighted by atomic mass is 10.1. The zero-order chi connectivity index (χ0) is 9.52. The van der Waals surface area contributed by atoms with Crippen LogP contribution in [0.4, 0.5) is 0 Å². The van der Waals surface area contributed by atoms with Crippen LogP contribution in [0.25, 0.3) is 0 Å². The van der Waals surface area contributed by atoms with Gasteiger partial charge in [-0.05, 0) is 39.2 Å². The van der Waals surface area contributed by atoms with E-state index in [4.69, 9.17) is 5.11 Å². The van der Waals surface area contributed by atoms with Crippen molar-refractivity contribution in [3.63, 3.8) is 0 Å². The molecule has 0 bridgehead atoms. The molecule has 0 aromatic heterocycles. The molecule has 3 nitrogen and oxygen atoms in total. The molecule has 13 heavy (non-hydrogen) atoms. The van der Waals surface area contributed by atoms with Crippen molar-refractivity contribution in [2.75, 3.05) is 19.7 Å². The van der Waals surface area contributed by atoms with Crippen LogP contribution in [0, 0.1) is 0 Å². The minimum Gasteiger partial charge on any atom is -0.396 e. The topological polar surface area (TPSA) is 44.3 Å². The molecule has 0 radical (unpaired) electrons. The number of aliphatic hydroxyl groups excluding tert-OH is 1. The van der Waals surface area contributed by atoms with E-state index in [1.807, 2.05) is 0 Å². The molecule has 1 rings (SSSR count). The van der Waals surface area contributed by atoms with E-state index in [1.165, 1.54) is 19.4 Å². The van der Waals surface area contributed by atoms with E-state index < -0.39 is 0 Å². The Morgan fingerprint density at radius 1 is 1.62 bits per heavy atom. The number of aliphatic hydroxyl groups is 1. The lowest BCUT2D eigenvalue weighted by Gasteiger charge is -2.27. The first-order valence-electron chi connectivity index (χ1n) is 5.40. The van der Waals surface area contributed by atoms with Gasteiger partial charge < -0.3 is 15.7 Å². The Hall–Kier alpha value is -0.120. The molecule has 1 aliphatic heterocycles. The van der Waals surface area contributed by atoms with Gasteiger partial charge in [0.2, 0.25) is 0 Å². The summed E-state index contributed by atoms with van der Waals surface area (Å²) in [5.41, 5.74) is 0. The van der Waals surface area contributed by atoms with Gasteiger partial charge in [0, 0.05) is 25.2 Å². The molecule has 3 heteroatoms. The average molecular weight is 186 g/mol. The predicted octanol–water partition coefficient (Wildman–Crippen LogP) is 0.489. The third kappa shape index (κ3) is 4.60. The molecular formula is C10H22N2O. The standard InChI is InChI=1S/C10H22N2O/c1-9(4-3-7-13)12-10-5-2-6-11-8-10/h9-13H,2-8H2,1H3. The van der Waals surface area contributed by atoms with Gasteiger partial charge >= 0.3 is 0 Å². The molecule has 1 heterocycles. The maximum Gasteiger partial charge on any atom is 0.0431 e. The second-order valence-electron chi connectivity index (χ2n) is 3.98. The number of hydrogen-bond donors (Lipinski definition) is 3. The SMILES string of the molecule is CC(CCCO)NC1CCCNC1. The molecule has 0 aliphatic carbocycles. The zero-order valence-electron chi connectivity index (χ0n) is 8.55. The molecule has 0 aromatic rings. The summed E-state index contributed by atoms with van der Waals surface area (Å²) >= 11 is 0. The van der Waals surface area contributed by atoms with Crippen LogP contribution >= 0.6 is 0 Å². The van der Waals surface area contributed by atoms with E-state index in [-0.39, 0.29) is 0 Å². The van der Waals surface area contributed by atoms with E-state index in [0.29, 0.717) is 18.7 Å². The molecule has 0 saturated carbocycles. The number of hydrogen-bond acceptors (Lipinski definition) is 3. The van der Waals surface area contributed by atoms with Gasteiger partial charge in [0.25, 0.3) is 0 Å². The van der Waals surface area contributed by atoms with Gasteiger partial charge in [0.15, 0.2) is 0 Å². The summed E-state index contributed by atoms with van der Waals surface area (Å²) in [4.78, 5) is 0. The summed E-state index contributed by atoms with van der Waals surface area (Å²) in [6.45, 7) is 4.78. The first kappa shape index (κ1) is 11.0. The van der Waals surface area contributed by atoms with Crippen molar-refractivity contribution in [2.24, 2.45) is 0 Å². The lowest BCUT2D eigenvalue weighted by Crippen LogP contribution is -2.46. The molecule has 78 valence electrons. The molecular weight excluding hydrogens is 164 g/mol. The maximum absolute atomic E-state index is 8.68. The Morgan fingerprint density at radius 3 is 3.08 bits per heavy atom. The Kier molecular flexibility index (Phi) is 5.35. The van der Waals surface area contributed by atoms with Crippen molar-refractivity contribution in [2.45, 2.75) is 44.7 Å². The molecule has 2 atom stereocenters. The largest absolute Gasteiger partial charge is 0.396 e. The fourth-order valence-electron chi connectivity index (χ4n) is 1.88. The van der Waals surface area contributed by atoms with Gasteiger partial charge in [0.1, 0.15) is 0 Å². The lowest BCUT2D eigenvalue weighted by molar-refractivity contribution is 0.269. The van der Waals surface area contributed by atoms with Gasteiger partial charge in [0.05, 0.1) is 0 Å². The van der Waals surface area contributed by atoms with Crippen molar-refractivity contribution in [1.29, 1.82) is 0 Å². The first-order chi connectivity index (χ1) is 6.33. The third-order valence-corrected chi connectivity index (χ3v) is 2.61. The van der Waals surface area contributed by atoms with Crippen molar-refractivity contribution < 1.29 is 5.11 Å². The fraction of sp³-hybridized carbons (Fsp3) is 1.00. The summed E-state index contributed by atoms with van der Waals surface area (Å²) in [6, 6.07) is 1.18. The Morgan fingerprint density at radius 2 is 2.46 bits per heavy atom. The van der Waals surface area contributed by atoms with Gasteiger partial charge in [-0.15, -0.1) is 0 Å². The van der Waals surface area contributed by atoms with E-state index in [1.54, 1.807) is 0 Å². The van der Waals surface area contributed by atoms with Crippen LogP contribution in [0.15, 0.2) is 0 Å². The van der Waals surface area contributed by atoms with Gasteiger partial charge in [-0.1, -0.05) is 0 Å². The maximum atomic E-state index is 8.68. The van der Waals surface area contributed by atoms with Gasteiger partial charge in [-0.25, -0.2) is 0 Å². The molecule has 1 saturated heterocycles. The highest BCUT2D eigenvalue weighted by atomic mass is 16.2. The van der Waals surface area contributed by atoms with E-state index in [9.17, 15) is 0 Å². The molecule has 0 amide bonds. The summed E-state index contributed by atoms with van der Waals surface area (Å²) < 4.78 is 0. The summed E-state index contributed by atoms with van der Waals surface area (Å²) in [5, 5.41) is 15.6. The van der Waals surface area contributed by atoms with Crippen LogP contribution in [-0.4, -0.2) is 36.9 Å². The van der Waals surface area contributed by atoms with Crippen molar-refractivity contribution in [3.8, 4) is 0 Å². The third-order valence-electron chi connectivity index (χ3n) is 2.61. The van der Waals surface area contributed by atoms with Crippen LogP contribution < -0.4 is 10.6 Å². The summed E-state index contributed by atoms with van der Waals surface area (Å²) in [7, 11) is 0. The Labute approximate surface area is 80.9 Å². The zero-order valence-corrected chi connectivity index (χ0v) is 8.55. The van der Waals surface area contributed by atoms with Crippen molar-refractivity contribution in [1.82, 2.24) is 10.6 Å². The minimum absolute atomic E-state index is 0.314. The molecule has 0 aromatic carbocycles. The van der Waals surface area contributed by atoms with Gasteiger partial charge in [-0.3, -0.25) is 0 Å². The second kappa shape index (κ2) is 6.35. The smallest absolute Gasteiger partial charge is 0.0431 e. The highest BCUT2D eigenvalue weighted by molar-refractivity contribution is 4.77. The van der Waals surface area contributed by atoms with Crippen molar-refractivity contribution >= 4 is 0 Å². The fourth-order valence-corrected chi connectivity index (χ4v) is 1.88. The van der Waals surface area contributed by atoms with Crippen LogP contribution in [0.2, 0.25) is 0 Å². The number of rotatable bonds is 5.